The van der Waals surface area contributed by atoms with Crippen molar-refractivity contribution in [3.05, 3.63) is 0 Å². The number of rotatable bonds is 0. The van der Waals surface area contributed by atoms with Crippen LogP contribution in [0.2, 0.25) is 0 Å². The molecule has 1 rings (SSSR count). The summed E-state index contributed by atoms with van der Waals surface area (Å²) >= 11 is 0. The third kappa shape index (κ3) is 0.823. The van der Waals surface area contributed by atoms with Crippen LogP contribution in [0.15, 0.2) is 0 Å². The number of carbonyl (C=O) groups excluding carboxylic acids is 2. The maximum Gasteiger partial charge on any atom is 0.317 e. The summed E-state index contributed by atoms with van der Waals surface area (Å²) in [6.45, 7) is 3.15. The van der Waals surface area contributed by atoms with E-state index in [1.165, 1.54) is 0 Å². The zero-order chi connectivity index (χ0) is 7.02. The maximum atomic E-state index is 10.8. The molecule has 0 aromatic carbocycles. The molecule has 1 saturated heterocycles. The molecule has 0 saturated carbocycles. The van der Waals surface area contributed by atoms with Crippen molar-refractivity contribution in [1.82, 2.24) is 0 Å². The van der Waals surface area contributed by atoms with Crippen LogP contribution in [-0.2, 0) is 14.3 Å². The summed E-state index contributed by atoms with van der Waals surface area (Å²) in [6.07, 6.45) is -0.521. The smallest absolute Gasteiger partial charge is 0.317 e. The van der Waals surface area contributed by atoms with Gasteiger partial charge < -0.3 is 4.74 Å². The van der Waals surface area contributed by atoms with Crippen LogP contribution in [-0.4, -0.2) is 17.9 Å². The molecule has 0 amide bonds. The van der Waals surface area contributed by atoms with Crippen LogP contribution in [0.25, 0.3) is 0 Å². The zero-order valence-electron chi connectivity index (χ0n) is 5.38. The first-order valence-electron chi connectivity index (χ1n) is 2.87. The minimum absolute atomic E-state index is 0.111. The summed E-state index contributed by atoms with van der Waals surface area (Å²) in [5.74, 6) is -1.05. The first kappa shape index (κ1) is 6.26. The van der Waals surface area contributed by atoms with Crippen molar-refractivity contribution >= 4 is 11.8 Å². The van der Waals surface area contributed by atoms with Gasteiger partial charge in [-0.2, -0.15) is 0 Å². The van der Waals surface area contributed by atoms with E-state index in [4.69, 9.17) is 0 Å². The minimum Gasteiger partial charge on any atom is -0.454 e. The fourth-order valence-corrected chi connectivity index (χ4v) is 0.803. The number of ketones is 1. The second kappa shape index (κ2) is 1.83. The van der Waals surface area contributed by atoms with Crippen LogP contribution in [0.4, 0.5) is 0 Å². The monoisotopic (exact) mass is 128 g/mol. The van der Waals surface area contributed by atoms with Gasteiger partial charge in [0.2, 0.25) is 0 Å². The lowest BCUT2D eigenvalue weighted by Crippen LogP contribution is -2.14. The molecule has 1 heterocycles. The largest absolute Gasteiger partial charge is 0.454 e. The van der Waals surface area contributed by atoms with Gasteiger partial charge in [-0.15, -0.1) is 0 Å². The summed E-state index contributed by atoms with van der Waals surface area (Å²) in [7, 11) is 0. The molecule has 0 spiro atoms. The van der Waals surface area contributed by atoms with Crippen molar-refractivity contribution in [3.8, 4) is 0 Å². The molecule has 3 nitrogen and oxygen atoms in total. The Morgan fingerprint density at radius 3 is 2.00 bits per heavy atom. The standard InChI is InChI=1S/C6H8O3/c1-3-5(7)4(2)9-6(3)8/h3-4H,1-2H3/t3-,4+/m1/s1. The van der Waals surface area contributed by atoms with Gasteiger partial charge in [-0.25, -0.2) is 0 Å². The zero-order valence-corrected chi connectivity index (χ0v) is 5.38. The third-order valence-electron chi connectivity index (χ3n) is 1.47. The first-order valence-corrected chi connectivity index (χ1v) is 2.87. The minimum atomic E-state index is -0.542. The topological polar surface area (TPSA) is 43.4 Å². The number of ether oxygens (including phenoxy) is 1. The van der Waals surface area contributed by atoms with Crippen LogP contribution >= 0.6 is 0 Å². The molecule has 50 valence electrons. The van der Waals surface area contributed by atoms with E-state index in [0.29, 0.717) is 0 Å². The van der Waals surface area contributed by atoms with Gasteiger partial charge in [-0.1, -0.05) is 0 Å². The highest BCUT2D eigenvalue weighted by Gasteiger charge is 2.36. The lowest BCUT2D eigenvalue weighted by Gasteiger charge is -1.94. The highest BCUT2D eigenvalue weighted by Crippen LogP contribution is 2.15. The predicted octanol–water partition coefficient (Wildman–Crippen LogP) is 0.137. The fourth-order valence-electron chi connectivity index (χ4n) is 0.803. The number of carbonyl (C=O) groups is 2. The normalized spacial score (nSPS) is 34.9. The molecular weight excluding hydrogens is 120 g/mol. The quantitative estimate of drug-likeness (QED) is 0.344. The number of esters is 1. The molecule has 2 atom stereocenters. The Kier molecular flexibility index (Phi) is 1.27. The Hall–Kier alpha value is -0.860. The van der Waals surface area contributed by atoms with Crippen LogP contribution in [0.5, 0.6) is 0 Å². The van der Waals surface area contributed by atoms with E-state index in [1.54, 1.807) is 13.8 Å². The average molecular weight is 128 g/mol. The van der Waals surface area contributed by atoms with Crippen molar-refractivity contribution in [2.75, 3.05) is 0 Å². The van der Waals surface area contributed by atoms with Crippen molar-refractivity contribution in [1.29, 1.82) is 0 Å². The van der Waals surface area contributed by atoms with Crippen LogP contribution in [0.3, 0.4) is 0 Å². The molecule has 9 heavy (non-hydrogen) atoms. The number of hydrogen-bond acceptors (Lipinski definition) is 3. The molecule has 1 aliphatic rings. The Labute approximate surface area is 53.0 Å². The van der Waals surface area contributed by atoms with E-state index in [9.17, 15) is 9.59 Å². The van der Waals surface area contributed by atoms with Crippen molar-refractivity contribution in [2.24, 2.45) is 5.92 Å². The maximum absolute atomic E-state index is 10.8. The van der Waals surface area contributed by atoms with E-state index < -0.39 is 18.0 Å². The molecule has 0 radical (unpaired) electrons. The Morgan fingerprint density at radius 1 is 1.33 bits per heavy atom. The van der Waals surface area contributed by atoms with Gasteiger partial charge in [-0.05, 0) is 13.8 Å². The summed E-state index contributed by atoms with van der Waals surface area (Å²) < 4.78 is 4.60. The Bertz CT molecular complexity index is 162. The highest BCUT2D eigenvalue weighted by molar-refractivity contribution is 6.05. The van der Waals surface area contributed by atoms with Crippen LogP contribution in [0, 0.1) is 5.92 Å². The average Bonchev–Trinajstić information content (AvgIpc) is 1.98. The van der Waals surface area contributed by atoms with E-state index >= 15 is 0 Å². The molecule has 1 fully saturated rings. The fraction of sp³-hybridized carbons (Fsp3) is 0.667. The Balaban J connectivity index is 2.77. The lowest BCUT2D eigenvalue weighted by atomic mass is 10.1. The van der Waals surface area contributed by atoms with Crippen molar-refractivity contribution in [3.63, 3.8) is 0 Å². The molecule has 0 bridgehead atoms. The van der Waals surface area contributed by atoms with Gasteiger partial charge in [0.05, 0.1) is 0 Å². The SMILES string of the molecule is C[C@H]1C(=O)O[C@@H](C)C1=O. The van der Waals surface area contributed by atoms with Gasteiger partial charge in [0, 0.05) is 0 Å². The molecule has 0 N–H and O–H groups in total. The second-order valence-electron chi connectivity index (χ2n) is 2.20. The molecule has 3 heteroatoms. The molecule has 0 aliphatic carbocycles. The van der Waals surface area contributed by atoms with Crippen LogP contribution < -0.4 is 0 Å². The van der Waals surface area contributed by atoms with Gasteiger partial charge in [-0.3, -0.25) is 9.59 Å². The summed E-state index contributed by atoms with van der Waals surface area (Å²) in [4.78, 5) is 21.3. The summed E-state index contributed by atoms with van der Waals surface area (Å²) in [5, 5.41) is 0. The van der Waals surface area contributed by atoms with Crippen molar-refractivity contribution < 1.29 is 14.3 Å². The molecule has 0 aromatic rings. The van der Waals surface area contributed by atoms with Crippen molar-refractivity contribution in [2.45, 2.75) is 20.0 Å². The van der Waals surface area contributed by atoms with Gasteiger partial charge in [0.25, 0.3) is 0 Å². The number of Topliss-reactive ketones (excluding diaryl/α,β-unsaturated/α-hetero) is 1. The summed E-state index contributed by atoms with van der Waals surface area (Å²) in [5.41, 5.74) is 0. The van der Waals surface area contributed by atoms with E-state index in [2.05, 4.69) is 4.74 Å². The van der Waals surface area contributed by atoms with Gasteiger partial charge >= 0.3 is 5.97 Å². The lowest BCUT2D eigenvalue weighted by molar-refractivity contribution is -0.143. The number of hydrogen-bond donors (Lipinski definition) is 0. The third-order valence-corrected chi connectivity index (χ3v) is 1.47. The Morgan fingerprint density at radius 2 is 1.89 bits per heavy atom. The van der Waals surface area contributed by atoms with Crippen LogP contribution in [0.1, 0.15) is 13.8 Å². The molecule has 0 aromatic heterocycles. The summed E-state index contributed by atoms with van der Waals surface area (Å²) in [6, 6.07) is 0. The molecule has 0 unspecified atom stereocenters. The molecule has 1 aliphatic heterocycles. The van der Waals surface area contributed by atoms with E-state index in [0.717, 1.165) is 0 Å². The van der Waals surface area contributed by atoms with Gasteiger partial charge in [0.1, 0.15) is 5.92 Å². The predicted molar refractivity (Wildman–Crippen MR) is 29.7 cm³/mol. The number of cyclic esters (lactones) is 1. The van der Waals surface area contributed by atoms with E-state index in [-0.39, 0.29) is 5.78 Å². The first-order chi connectivity index (χ1) is 4.13. The van der Waals surface area contributed by atoms with E-state index in [1.807, 2.05) is 0 Å². The second-order valence-corrected chi connectivity index (χ2v) is 2.20. The molecular formula is C6H8O3. The van der Waals surface area contributed by atoms with Gasteiger partial charge in [0.15, 0.2) is 11.9 Å². The highest BCUT2D eigenvalue weighted by atomic mass is 16.6.